The number of halogens is 1. The highest BCUT2D eigenvalue weighted by atomic mass is 79.9. The summed E-state index contributed by atoms with van der Waals surface area (Å²) in [6.45, 7) is 4.28. The van der Waals surface area contributed by atoms with Gasteiger partial charge in [0.25, 0.3) is 0 Å². The van der Waals surface area contributed by atoms with Crippen LogP contribution in [-0.4, -0.2) is 43.3 Å². The molecule has 5 nitrogen and oxygen atoms in total. The predicted octanol–water partition coefficient (Wildman–Crippen LogP) is 3.01. The number of rotatable bonds is 5. The Labute approximate surface area is 139 Å². The smallest absolute Gasteiger partial charge is 0.307 e. The number of ether oxygens (including phenoxy) is 2. The van der Waals surface area contributed by atoms with Gasteiger partial charge in [0, 0.05) is 24.1 Å². The largest absolute Gasteiger partial charge is 0.493 e. The monoisotopic (exact) mass is 371 g/mol. The molecule has 0 radical (unpaired) electrons. The van der Waals surface area contributed by atoms with Gasteiger partial charge in [0.05, 0.1) is 20.1 Å². The van der Waals surface area contributed by atoms with Gasteiger partial charge in [-0.2, -0.15) is 0 Å². The van der Waals surface area contributed by atoms with Gasteiger partial charge in [0.2, 0.25) is 0 Å². The molecule has 0 saturated carbocycles. The maximum absolute atomic E-state index is 11.3. The number of benzene rings is 1. The lowest BCUT2D eigenvalue weighted by molar-refractivity contribution is -0.144. The first-order chi connectivity index (χ1) is 10.4. The topological polar surface area (TPSA) is 59.0 Å². The summed E-state index contributed by atoms with van der Waals surface area (Å²) < 4.78 is 11.6. The van der Waals surface area contributed by atoms with Crippen LogP contribution in [0.1, 0.15) is 18.9 Å². The molecule has 6 heteroatoms. The lowest BCUT2D eigenvalue weighted by Crippen LogP contribution is -2.42. The molecule has 1 heterocycles. The second kappa shape index (κ2) is 7.33. The molecule has 1 N–H and O–H groups in total. The van der Waals surface area contributed by atoms with Gasteiger partial charge in [-0.25, -0.2) is 0 Å². The number of carboxylic acids is 1. The molecular weight excluding hydrogens is 350 g/mol. The zero-order valence-corrected chi connectivity index (χ0v) is 14.7. The van der Waals surface area contributed by atoms with Gasteiger partial charge >= 0.3 is 5.97 Å². The minimum Gasteiger partial charge on any atom is -0.493 e. The minimum absolute atomic E-state index is 0.289. The number of carbonyl (C=O) groups is 1. The third-order valence-corrected chi connectivity index (χ3v) is 4.77. The maximum atomic E-state index is 11.3. The fraction of sp³-hybridized carbons (Fsp3) is 0.562. The number of hydrogen-bond acceptors (Lipinski definition) is 4. The van der Waals surface area contributed by atoms with E-state index in [2.05, 4.69) is 27.8 Å². The van der Waals surface area contributed by atoms with Crippen LogP contribution in [0.4, 0.5) is 0 Å². The summed E-state index contributed by atoms with van der Waals surface area (Å²) in [7, 11) is 3.21. The van der Waals surface area contributed by atoms with Crippen LogP contribution >= 0.6 is 15.9 Å². The van der Waals surface area contributed by atoms with Crippen molar-refractivity contribution in [2.24, 2.45) is 11.8 Å². The van der Waals surface area contributed by atoms with Gasteiger partial charge in [-0.1, -0.05) is 22.9 Å². The normalized spacial score (nSPS) is 22.4. The van der Waals surface area contributed by atoms with Crippen LogP contribution in [0.25, 0.3) is 0 Å². The Balaban J connectivity index is 2.17. The molecule has 1 saturated heterocycles. The Morgan fingerprint density at radius 2 is 1.95 bits per heavy atom. The van der Waals surface area contributed by atoms with Crippen LogP contribution in [0.2, 0.25) is 0 Å². The average Bonchev–Trinajstić information content (AvgIpc) is 2.48. The first-order valence-corrected chi connectivity index (χ1v) is 8.09. The Kier molecular flexibility index (Phi) is 5.69. The van der Waals surface area contributed by atoms with E-state index in [-0.39, 0.29) is 5.92 Å². The third-order valence-electron chi connectivity index (χ3n) is 4.03. The minimum atomic E-state index is -0.706. The molecule has 0 spiro atoms. The van der Waals surface area contributed by atoms with Gasteiger partial charge in [0.15, 0.2) is 11.5 Å². The summed E-state index contributed by atoms with van der Waals surface area (Å²) in [5.41, 5.74) is 1.07. The van der Waals surface area contributed by atoms with E-state index >= 15 is 0 Å². The highest BCUT2D eigenvalue weighted by Crippen LogP contribution is 2.34. The van der Waals surface area contributed by atoms with Crippen LogP contribution < -0.4 is 9.47 Å². The summed E-state index contributed by atoms with van der Waals surface area (Å²) in [5, 5.41) is 9.27. The van der Waals surface area contributed by atoms with Crippen molar-refractivity contribution < 1.29 is 19.4 Å². The molecule has 1 aliphatic heterocycles. The quantitative estimate of drug-likeness (QED) is 0.861. The van der Waals surface area contributed by atoms with Crippen molar-refractivity contribution in [2.75, 3.05) is 27.3 Å². The molecule has 2 unspecified atom stereocenters. The molecule has 1 aromatic rings. The molecule has 1 aromatic carbocycles. The van der Waals surface area contributed by atoms with Crippen molar-refractivity contribution in [1.82, 2.24) is 4.90 Å². The highest BCUT2D eigenvalue weighted by molar-refractivity contribution is 9.10. The van der Waals surface area contributed by atoms with Crippen LogP contribution in [0, 0.1) is 11.8 Å². The zero-order valence-electron chi connectivity index (χ0n) is 13.1. The second-order valence-corrected chi connectivity index (χ2v) is 6.72. The number of hydrogen-bond donors (Lipinski definition) is 1. The SMILES string of the molecule is COc1cc(Br)c(CN2CC(C)CC(C(=O)O)C2)cc1OC. The fourth-order valence-corrected chi connectivity index (χ4v) is 3.48. The fourth-order valence-electron chi connectivity index (χ4n) is 3.03. The van der Waals surface area contributed by atoms with E-state index in [0.29, 0.717) is 30.5 Å². The molecule has 0 aliphatic carbocycles. The van der Waals surface area contributed by atoms with Crippen LogP contribution in [0.5, 0.6) is 11.5 Å². The summed E-state index contributed by atoms with van der Waals surface area (Å²) in [6.07, 6.45) is 0.749. The van der Waals surface area contributed by atoms with Crippen molar-refractivity contribution >= 4 is 21.9 Å². The average molecular weight is 372 g/mol. The zero-order chi connectivity index (χ0) is 16.3. The molecule has 0 aromatic heterocycles. The summed E-state index contributed by atoms with van der Waals surface area (Å²) in [5.74, 6) is 0.744. The first kappa shape index (κ1) is 17.1. The number of piperidine rings is 1. The maximum Gasteiger partial charge on any atom is 0.307 e. The Hall–Kier alpha value is -1.27. The molecule has 2 rings (SSSR count). The van der Waals surface area contributed by atoms with E-state index in [1.165, 1.54) is 0 Å². The van der Waals surface area contributed by atoms with E-state index < -0.39 is 5.97 Å². The van der Waals surface area contributed by atoms with Crippen molar-refractivity contribution in [3.05, 3.63) is 22.2 Å². The standard InChI is InChI=1S/C16H22BrNO4/c1-10-4-12(16(19)20)9-18(7-10)8-11-5-14(21-2)15(22-3)6-13(11)17/h5-6,10,12H,4,7-9H2,1-3H3,(H,19,20). The lowest BCUT2D eigenvalue weighted by Gasteiger charge is -2.34. The summed E-state index contributed by atoms with van der Waals surface area (Å²) >= 11 is 3.56. The van der Waals surface area contributed by atoms with E-state index in [1.807, 2.05) is 12.1 Å². The van der Waals surface area contributed by atoms with Gasteiger partial charge in [-0.05, 0) is 30.0 Å². The van der Waals surface area contributed by atoms with E-state index in [1.54, 1.807) is 14.2 Å². The van der Waals surface area contributed by atoms with Gasteiger partial charge in [-0.15, -0.1) is 0 Å². The number of aliphatic carboxylic acids is 1. The Bertz CT molecular complexity index is 549. The summed E-state index contributed by atoms with van der Waals surface area (Å²) in [6, 6.07) is 3.83. The van der Waals surface area contributed by atoms with Crippen molar-refractivity contribution in [1.29, 1.82) is 0 Å². The van der Waals surface area contributed by atoms with Gasteiger partial charge < -0.3 is 14.6 Å². The lowest BCUT2D eigenvalue weighted by atomic mass is 9.90. The first-order valence-electron chi connectivity index (χ1n) is 7.30. The third kappa shape index (κ3) is 3.93. The Morgan fingerprint density at radius 3 is 2.55 bits per heavy atom. The molecular formula is C16H22BrNO4. The molecule has 22 heavy (non-hydrogen) atoms. The summed E-state index contributed by atoms with van der Waals surface area (Å²) in [4.78, 5) is 13.5. The molecule has 0 amide bonds. The number of likely N-dealkylation sites (tertiary alicyclic amines) is 1. The van der Waals surface area contributed by atoms with Crippen molar-refractivity contribution in [2.45, 2.75) is 19.9 Å². The second-order valence-electron chi connectivity index (χ2n) is 5.87. The van der Waals surface area contributed by atoms with Gasteiger partial charge in [-0.3, -0.25) is 9.69 Å². The molecule has 1 aliphatic rings. The highest BCUT2D eigenvalue weighted by Gasteiger charge is 2.29. The van der Waals surface area contributed by atoms with E-state index in [9.17, 15) is 9.90 Å². The molecule has 122 valence electrons. The predicted molar refractivity (Wildman–Crippen MR) is 87.4 cm³/mol. The van der Waals surface area contributed by atoms with Crippen LogP contribution in [0.3, 0.4) is 0 Å². The molecule has 2 atom stereocenters. The van der Waals surface area contributed by atoms with E-state index in [0.717, 1.165) is 23.0 Å². The number of carboxylic acid groups (broad SMARTS) is 1. The Morgan fingerprint density at radius 1 is 1.32 bits per heavy atom. The van der Waals surface area contributed by atoms with Crippen molar-refractivity contribution in [3.8, 4) is 11.5 Å². The number of methoxy groups -OCH3 is 2. The molecule has 0 bridgehead atoms. The van der Waals surface area contributed by atoms with Crippen LogP contribution in [-0.2, 0) is 11.3 Å². The molecule has 1 fully saturated rings. The van der Waals surface area contributed by atoms with E-state index in [4.69, 9.17) is 9.47 Å². The van der Waals surface area contributed by atoms with Gasteiger partial charge in [0.1, 0.15) is 0 Å². The van der Waals surface area contributed by atoms with Crippen molar-refractivity contribution in [3.63, 3.8) is 0 Å². The number of nitrogens with zero attached hydrogens (tertiary/aromatic N) is 1. The van der Waals surface area contributed by atoms with Crippen LogP contribution in [0.15, 0.2) is 16.6 Å².